The summed E-state index contributed by atoms with van der Waals surface area (Å²) in [5.74, 6) is 0.190. The van der Waals surface area contributed by atoms with Crippen LogP contribution in [-0.2, 0) is 0 Å². The number of piperazine rings is 1. The van der Waals surface area contributed by atoms with E-state index in [1.54, 1.807) is 0 Å². The molecule has 1 saturated heterocycles. The molecule has 5 heteroatoms. The van der Waals surface area contributed by atoms with Crippen LogP contribution in [0.2, 0.25) is 5.02 Å². The number of aromatic amines is 1. The van der Waals surface area contributed by atoms with E-state index >= 15 is 0 Å². The fourth-order valence-corrected chi connectivity index (χ4v) is 5.12. The Morgan fingerprint density at radius 1 is 0.879 bits per heavy atom. The lowest BCUT2D eigenvalue weighted by molar-refractivity contribution is 0.0809. The summed E-state index contributed by atoms with van der Waals surface area (Å²) < 4.78 is 0. The van der Waals surface area contributed by atoms with Gasteiger partial charge in [-0.15, -0.1) is 0 Å². The van der Waals surface area contributed by atoms with E-state index in [0.717, 1.165) is 53.4 Å². The van der Waals surface area contributed by atoms with Crippen molar-refractivity contribution in [2.45, 2.75) is 13.0 Å². The van der Waals surface area contributed by atoms with Gasteiger partial charge in [0.25, 0.3) is 0 Å². The van der Waals surface area contributed by atoms with Crippen molar-refractivity contribution in [3.8, 4) is 0 Å². The lowest BCUT2D eigenvalue weighted by Crippen LogP contribution is -2.49. The summed E-state index contributed by atoms with van der Waals surface area (Å²) in [6.07, 6.45) is 0. The van der Waals surface area contributed by atoms with Crippen LogP contribution >= 0.6 is 11.6 Å². The average Bonchev–Trinajstić information content (AvgIpc) is 3.18. The van der Waals surface area contributed by atoms with Gasteiger partial charge in [-0.2, -0.15) is 0 Å². The Morgan fingerprint density at radius 2 is 1.52 bits per heavy atom. The molecule has 1 aliphatic rings. The Morgan fingerprint density at radius 3 is 2.24 bits per heavy atom. The number of hydrogen-bond acceptors (Lipinski definition) is 3. The van der Waals surface area contributed by atoms with E-state index in [1.165, 1.54) is 11.1 Å². The van der Waals surface area contributed by atoms with Gasteiger partial charge in [-0.3, -0.25) is 14.6 Å². The summed E-state index contributed by atoms with van der Waals surface area (Å²) in [5.41, 5.74) is 5.32. The maximum atomic E-state index is 13.2. The third-order valence-electron chi connectivity index (χ3n) is 6.61. The molecule has 1 N–H and O–H groups in total. The molecule has 33 heavy (non-hydrogen) atoms. The van der Waals surface area contributed by atoms with Crippen molar-refractivity contribution < 1.29 is 4.79 Å². The monoisotopic (exact) mass is 457 g/mol. The standard InChI is InChI=1S/C28H28ClN3O/c1-20-27(24-9-5-6-10-25(24)30-20)26(33)19-31-15-17-32(18-16-31)28(21-7-3-2-4-8-21)22-11-13-23(29)14-12-22/h2-14,28,30H,15-19H2,1H3/t28-/m0/s1. The Balaban J connectivity index is 1.30. The highest BCUT2D eigenvalue weighted by Gasteiger charge is 2.28. The van der Waals surface area contributed by atoms with Crippen molar-refractivity contribution in [3.63, 3.8) is 0 Å². The predicted molar refractivity (Wildman–Crippen MR) is 135 cm³/mol. The molecule has 0 aliphatic carbocycles. The number of aryl methyl sites for hydroxylation is 1. The number of halogens is 1. The molecule has 3 aromatic carbocycles. The van der Waals surface area contributed by atoms with Gasteiger partial charge in [0.1, 0.15) is 0 Å². The number of carbonyl (C=O) groups is 1. The maximum absolute atomic E-state index is 13.2. The molecule has 168 valence electrons. The third-order valence-corrected chi connectivity index (χ3v) is 6.86. The van der Waals surface area contributed by atoms with Crippen molar-refractivity contribution in [2.24, 2.45) is 0 Å². The zero-order chi connectivity index (χ0) is 22.8. The Kier molecular flexibility index (Phi) is 6.32. The zero-order valence-electron chi connectivity index (χ0n) is 18.8. The quantitative estimate of drug-likeness (QED) is 0.376. The van der Waals surface area contributed by atoms with E-state index in [1.807, 2.05) is 43.3 Å². The van der Waals surface area contributed by atoms with Crippen LogP contribution in [-0.4, -0.2) is 53.3 Å². The van der Waals surface area contributed by atoms with E-state index in [2.05, 4.69) is 57.2 Å². The summed E-state index contributed by atoms with van der Waals surface area (Å²) >= 11 is 6.15. The van der Waals surface area contributed by atoms with Crippen molar-refractivity contribution in [3.05, 3.63) is 106 Å². The van der Waals surface area contributed by atoms with Crippen molar-refractivity contribution in [2.75, 3.05) is 32.7 Å². The van der Waals surface area contributed by atoms with E-state index < -0.39 is 0 Å². The van der Waals surface area contributed by atoms with Crippen LogP contribution in [0.4, 0.5) is 0 Å². The molecule has 2 heterocycles. The van der Waals surface area contributed by atoms with Gasteiger partial charge in [-0.1, -0.05) is 72.3 Å². The van der Waals surface area contributed by atoms with Gasteiger partial charge in [-0.25, -0.2) is 0 Å². The van der Waals surface area contributed by atoms with Gasteiger partial charge in [0, 0.05) is 53.4 Å². The van der Waals surface area contributed by atoms with Crippen LogP contribution in [0.3, 0.4) is 0 Å². The van der Waals surface area contributed by atoms with Crippen LogP contribution in [0.15, 0.2) is 78.9 Å². The number of nitrogens with zero attached hydrogens (tertiary/aromatic N) is 2. The first-order valence-corrected chi connectivity index (χ1v) is 11.9. The van der Waals surface area contributed by atoms with Crippen LogP contribution in [0.1, 0.15) is 33.2 Å². The van der Waals surface area contributed by atoms with E-state index in [4.69, 9.17) is 11.6 Å². The molecule has 1 aromatic heterocycles. The molecule has 4 aromatic rings. The summed E-state index contributed by atoms with van der Waals surface area (Å²) in [6, 6.07) is 27.0. The molecule has 0 amide bonds. The van der Waals surface area contributed by atoms with Crippen LogP contribution < -0.4 is 0 Å². The highest BCUT2D eigenvalue weighted by atomic mass is 35.5. The maximum Gasteiger partial charge on any atom is 0.179 e. The summed E-state index contributed by atoms with van der Waals surface area (Å²) in [5, 5.41) is 1.77. The molecule has 0 bridgehead atoms. The smallest absolute Gasteiger partial charge is 0.179 e. The molecule has 1 fully saturated rings. The lowest BCUT2D eigenvalue weighted by atomic mass is 9.96. The average molecular weight is 458 g/mol. The number of carbonyl (C=O) groups excluding carboxylic acids is 1. The van der Waals surface area contributed by atoms with Crippen LogP contribution in [0, 0.1) is 6.92 Å². The largest absolute Gasteiger partial charge is 0.358 e. The van der Waals surface area contributed by atoms with Crippen molar-refractivity contribution in [1.82, 2.24) is 14.8 Å². The Bertz CT molecular complexity index is 1240. The van der Waals surface area contributed by atoms with E-state index in [0.29, 0.717) is 6.54 Å². The second-order valence-electron chi connectivity index (χ2n) is 8.77. The Hall–Kier alpha value is -2.92. The number of ketones is 1. The van der Waals surface area contributed by atoms with E-state index in [-0.39, 0.29) is 11.8 Å². The minimum Gasteiger partial charge on any atom is -0.358 e. The zero-order valence-corrected chi connectivity index (χ0v) is 19.6. The van der Waals surface area contributed by atoms with Gasteiger partial charge >= 0.3 is 0 Å². The highest BCUT2D eigenvalue weighted by molar-refractivity contribution is 6.30. The molecule has 1 aliphatic heterocycles. The summed E-state index contributed by atoms with van der Waals surface area (Å²) in [6.45, 7) is 5.98. The fourth-order valence-electron chi connectivity index (χ4n) is 4.99. The molecule has 0 saturated carbocycles. The summed E-state index contributed by atoms with van der Waals surface area (Å²) in [4.78, 5) is 21.4. The molecule has 5 rings (SSSR count). The molecule has 0 spiro atoms. The molecule has 4 nitrogen and oxygen atoms in total. The number of rotatable bonds is 6. The first-order valence-electron chi connectivity index (χ1n) is 11.5. The molecule has 0 unspecified atom stereocenters. The van der Waals surface area contributed by atoms with Gasteiger partial charge < -0.3 is 4.98 Å². The van der Waals surface area contributed by atoms with Gasteiger partial charge in [-0.05, 0) is 36.2 Å². The number of aromatic nitrogens is 1. The number of fused-ring (bicyclic) bond motifs is 1. The predicted octanol–water partition coefficient (Wildman–Crippen LogP) is 5.72. The molecular formula is C28H28ClN3O. The van der Waals surface area contributed by atoms with Gasteiger partial charge in [0.05, 0.1) is 12.6 Å². The minimum atomic E-state index is 0.178. The third kappa shape index (κ3) is 4.60. The second-order valence-corrected chi connectivity index (χ2v) is 9.21. The first-order chi connectivity index (χ1) is 16.1. The number of benzene rings is 3. The van der Waals surface area contributed by atoms with Gasteiger partial charge in [0.15, 0.2) is 5.78 Å². The van der Waals surface area contributed by atoms with E-state index in [9.17, 15) is 4.79 Å². The summed E-state index contributed by atoms with van der Waals surface area (Å²) in [7, 11) is 0. The normalized spacial score (nSPS) is 16.2. The number of nitrogens with one attached hydrogen (secondary N) is 1. The number of para-hydroxylation sites is 1. The number of H-pyrrole nitrogens is 1. The highest BCUT2D eigenvalue weighted by Crippen LogP contribution is 2.30. The topological polar surface area (TPSA) is 39.3 Å². The molecule has 0 radical (unpaired) electrons. The fraction of sp³-hybridized carbons (Fsp3) is 0.250. The van der Waals surface area contributed by atoms with Crippen LogP contribution in [0.5, 0.6) is 0 Å². The lowest BCUT2D eigenvalue weighted by Gasteiger charge is -2.39. The number of hydrogen-bond donors (Lipinski definition) is 1. The first kappa shape index (κ1) is 21.9. The van der Waals surface area contributed by atoms with Crippen molar-refractivity contribution in [1.29, 1.82) is 0 Å². The Labute approximate surface area is 199 Å². The second kappa shape index (κ2) is 9.52. The molecular weight excluding hydrogens is 430 g/mol. The van der Waals surface area contributed by atoms with Crippen molar-refractivity contribution >= 4 is 28.3 Å². The van der Waals surface area contributed by atoms with Gasteiger partial charge in [0.2, 0.25) is 0 Å². The SMILES string of the molecule is Cc1[nH]c2ccccc2c1C(=O)CN1CCN([C@@H](c2ccccc2)c2ccc(Cl)cc2)CC1. The molecule has 1 atom stereocenters. The minimum absolute atomic E-state index is 0.178. The van der Waals surface area contributed by atoms with Crippen LogP contribution in [0.25, 0.3) is 10.9 Å². The number of Topliss-reactive ketones (excluding diaryl/α,β-unsaturated/α-hetero) is 1.